The molecule has 0 aromatic carbocycles. The van der Waals surface area contributed by atoms with Gasteiger partial charge in [-0.25, -0.2) is 9.78 Å². The molecule has 1 aromatic heterocycles. The van der Waals surface area contributed by atoms with Crippen molar-refractivity contribution in [2.45, 2.75) is 33.1 Å². The summed E-state index contributed by atoms with van der Waals surface area (Å²) in [6.45, 7) is 3.98. The maximum absolute atomic E-state index is 11.7. The summed E-state index contributed by atoms with van der Waals surface area (Å²) in [5.74, 6) is -0.833. The highest BCUT2D eigenvalue weighted by molar-refractivity contribution is 7.15. The van der Waals surface area contributed by atoms with E-state index in [2.05, 4.69) is 15.6 Å². The van der Waals surface area contributed by atoms with Crippen LogP contribution in [-0.4, -0.2) is 28.6 Å². The SMILES string of the molecule is Cc1nc(NC(=O)NCC2(C(=O)O)CCC2)sc1C. The molecule has 1 aromatic rings. The summed E-state index contributed by atoms with van der Waals surface area (Å²) < 4.78 is 0. The highest BCUT2D eigenvalue weighted by Crippen LogP contribution is 2.40. The van der Waals surface area contributed by atoms with Crippen LogP contribution < -0.4 is 10.6 Å². The van der Waals surface area contributed by atoms with Crippen LogP contribution in [0.5, 0.6) is 0 Å². The van der Waals surface area contributed by atoms with E-state index in [1.165, 1.54) is 11.3 Å². The lowest BCUT2D eigenvalue weighted by atomic mass is 9.69. The number of nitrogens with one attached hydrogen (secondary N) is 2. The largest absolute Gasteiger partial charge is 0.481 e. The van der Waals surface area contributed by atoms with Gasteiger partial charge in [0.1, 0.15) is 0 Å². The predicted molar refractivity (Wildman–Crippen MR) is 72.5 cm³/mol. The van der Waals surface area contributed by atoms with E-state index in [9.17, 15) is 9.59 Å². The molecule has 0 radical (unpaired) electrons. The molecule has 3 N–H and O–H groups in total. The highest BCUT2D eigenvalue weighted by atomic mass is 32.1. The van der Waals surface area contributed by atoms with Crippen LogP contribution in [0.2, 0.25) is 0 Å². The van der Waals surface area contributed by atoms with Crippen LogP contribution in [0.3, 0.4) is 0 Å². The Morgan fingerprint density at radius 1 is 1.42 bits per heavy atom. The van der Waals surface area contributed by atoms with Gasteiger partial charge in [0.2, 0.25) is 0 Å². The monoisotopic (exact) mass is 283 g/mol. The number of aromatic nitrogens is 1. The van der Waals surface area contributed by atoms with E-state index in [0.717, 1.165) is 17.0 Å². The number of aliphatic carboxylic acids is 1. The number of carbonyl (C=O) groups excluding carboxylic acids is 1. The van der Waals surface area contributed by atoms with Crippen LogP contribution in [0.1, 0.15) is 29.8 Å². The predicted octanol–water partition coefficient (Wildman–Crippen LogP) is 2.14. The van der Waals surface area contributed by atoms with Gasteiger partial charge in [0.05, 0.1) is 11.1 Å². The minimum absolute atomic E-state index is 0.164. The van der Waals surface area contributed by atoms with Crippen molar-refractivity contribution in [2.24, 2.45) is 5.41 Å². The van der Waals surface area contributed by atoms with Crippen LogP contribution in [-0.2, 0) is 4.79 Å². The molecule has 1 aliphatic rings. The minimum atomic E-state index is -0.833. The van der Waals surface area contributed by atoms with Crippen LogP contribution >= 0.6 is 11.3 Å². The van der Waals surface area contributed by atoms with Crippen LogP contribution in [0, 0.1) is 19.3 Å². The molecule has 1 aliphatic carbocycles. The third kappa shape index (κ3) is 2.86. The second kappa shape index (κ2) is 5.16. The summed E-state index contributed by atoms with van der Waals surface area (Å²) in [5.41, 5.74) is 0.118. The van der Waals surface area contributed by atoms with Crippen molar-refractivity contribution in [1.82, 2.24) is 10.3 Å². The molecule has 2 amide bonds. The molecule has 1 saturated carbocycles. The molecule has 6 nitrogen and oxygen atoms in total. The van der Waals surface area contributed by atoms with Gasteiger partial charge in [-0.15, -0.1) is 11.3 Å². The molecule has 0 saturated heterocycles. The van der Waals surface area contributed by atoms with Gasteiger partial charge in [0.25, 0.3) is 0 Å². The Labute approximate surface area is 115 Å². The number of rotatable bonds is 4. The lowest BCUT2D eigenvalue weighted by Crippen LogP contribution is -2.48. The quantitative estimate of drug-likeness (QED) is 0.789. The first-order valence-electron chi connectivity index (χ1n) is 6.15. The van der Waals surface area contributed by atoms with Gasteiger partial charge in [-0.2, -0.15) is 0 Å². The van der Waals surface area contributed by atoms with Crippen LogP contribution in [0.25, 0.3) is 0 Å². The summed E-state index contributed by atoms with van der Waals surface area (Å²) in [5, 5.41) is 14.9. The van der Waals surface area contributed by atoms with Gasteiger partial charge in [-0.1, -0.05) is 6.42 Å². The number of carbonyl (C=O) groups is 2. The van der Waals surface area contributed by atoms with Crippen LogP contribution in [0.4, 0.5) is 9.93 Å². The first-order valence-corrected chi connectivity index (χ1v) is 6.97. The summed E-state index contributed by atoms with van der Waals surface area (Å²) in [6, 6.07) is -0.402. The lowest BCUT2D eigenvalue weighted by Gasteiger charge is -2.37. The molecule has 104 valence electrons. The molecular formula is C12H17N3O3S. The average Bonchev–Trinajstić information content (AvgIpc) is 2.55. The van der Waals surface area contributed by atoms with Gasteiger partial charge in [-0.3, -0.25) is 10.1 Å². The van der Waals surface area contributed by atoms with Crippen molar-refractivity contribution in [2.75, 3.05) is 11.9 Å². The molecular weight excluding hydrogens is 266 g/mol. The topological polar surface area (TPSA) is 91.3 Å². The Kier molecular flexibility index (Phi) is 3.75. The average molecular weight is 283 g/mol. The zero-order valence-electron chi connectivity index (χ0n) is 10.9. The number of carboxylic acid groups (broad SMARTS) is 1. The third-order valence-electron chi connectivity index (χ3n) is 3.60. The summed E-state index contributed by atoms with van der Waals surface area (Å²) in [7, 11) is 0. The smallest absolute Gasteiger partial charge is 0.321 e. The first kappa shape index (κ1) is 13.8. The fourth-order valence-corrected chi connectivity index (χ4v) is 2.80. The highest BCUT2D eigenvalue weighted by Gasteiger charge is 2.44. The van der Waals surface area contributed by atoms with E-state index in [1.54, 1.807) is 0 Å². The van der Waals surface area contributed by atoms with E-state index >= 15 is 0 Å². The molecule has 7 heteroatoms. The first-order chi connectivity index (χ1) is 8.93. The van der Waals surface area contributed by atoms with Crippen LogP contribution in [0.15, 0.2) is 0 Å². The molecule has 2 rings (SSSR count). The number of amides is 2. The second-order valence-electron chi connectivity index (χ2n) is 4.91. The van der Waals surface area contributed by atoms with Gasteiger partial charge in [0.15, 0.2) is 5.13 Å². The van der Waals surface area contributed by atoms with Crippen molar-refractivity contribution < 1.29 is 14.7 Å². The second-order valence-corrected chi connectivity index (χ2v) is 6.11. The summed E-state index contributed by atoms with van der Waals surface area (Å²) >= 11 is 1.40. The Bertz CT molecular complexity index is 489. The Balaban J connectivity index is 1.86. The Morgan fingerprint density at radius 2 is 2.11 bits per heavy atom. The zero-order chi connectivity index (χ0) is 14.0. The minimum Gasteiger partial charge on any atom is -0.481 e. The molecule has 0 aliphatic heterocycles. The number of nitrogens with zero attached hydrogens (tertiary/aromatic N) is 1. The standard InChI is InChI=1S/C12H17N3O3S/c1-7-8(2)19-11(14-7)15-10(18)13-6-12(9(16)17)4-3-5-12/h3-6H2,1-2H3,(H,16,17)(H2,13,14,15,18). The molecule has 1 heterocycles. The van der Waals surface area contributed by atoms with E-state index in [0.29, 0.717) is 18.0 Å². The third-order valence-corrected chi connectivity index (χ3v) is 4.59. The summed E-state index contributed by atoms with van der Waals surface area (Å²) in [6.07, 6.45) is 2.15. The summed E-state index contributed by atoms with van der Waals surface area (Å²) in [4.78, 5) is 28.1. The van der Waals surface area contributed by atoms with Crippen molar-refractivity contribution in [3.8, 4) is 0 Å². The molecule has 0 spiro atoms. The van der Waals surface area contributed by atoms with Gasteiger partial charge in [0, 0.05) is 11.4 Å². The number of anilines is 1. The molecule has 0 unspecified atom stereocenters. The van der Waals surface area contributed by atoms with Gasteiger partial charge in [-0.05, 0) is 26.7 Å². The van der Waals surface area contributed by atoms with Gasteiger partial charge >= 0.3 is 12.0 Å². The van der Waals surface area contributed by atoms with Gasteiger partial charge < -0.3 is 10.4 Å². The number of aryl methyl sites for hydroxylation is 2. The van der Waals surface area contributed by atoms with E-state index < -0.39 is 17.4 Å². The number of hydrogen-bond donors (Lipinski definition) is 3. The van der Waals surface area contributed by atoms with Crippen molar-refractivity contribution >= 4 is 28.5 Å². The fraction of sp³-hybridized carbons (Fsp3) is 0.583. The molecule has 0 bridgehead atoms. The molecule has 1 fully saturated rings. The van der Waals surface area contributed by atoms with Crippen molar-refractivity contribution in [3.63, 3.8) is 0 Å². The Hall–Kier alpha value is -1.63. The number of thiazole rings is 1. The normalized spacial score (nSPS) is 16.5. The lowest BCUT2D eigenvalue weighted by molar-refractivity contribution is -0.153. The number of carboxylic acids is 1. The maximum Gasteiger partial charge on any atom is 0.321 e. The Morgan fingerprint density at radius 3 is 2.53 bits per heavy atom. The number of urea groups is 1. The zero-order valence-corrected chi connectivity index (χ0v) is 11.8. The van der Waals surface area contributed by atoms with Crippen molar-refractivity contribution in [3.05, 3.63) is 10.6 Å². The molecule has 19 heavy (non-hydrogen) atoms. The van der Waals surface area contributed by atoms with E-state index in [1.807, 2.05) is 13.8 Å². The van der Waals surface area contributed by atoms with E-state index in [-0.39, 0.29) is 6.54 Å². The molecule has 0 atom stereocenters. The number of hydrogen-bond acceptors (Lipinski definition) is 4. The fourth-order valence-electron chi connectivity index (χ4n) is 1.99. The maximum atomic E-state index is 11.7. The van der Waals surface area contributed by atoms with E-state index in [4.69, 9.17) is 5.11 Å². The van der Waals surface area contributed by atoms with Crippen molar-refractivity contribution in [1.29, 1.82) is 0 Å².